The number of carbonyl (C=O) groups is 1. The van der Waals surface area contributed by atoms with E-state index in [2.05, 4.69) is 43.9 Å². The molecule has 1 saturated carbocycles. The maximum Gasteiger partial charge on any atom is 0.230 e. The Balaban J connectivity index is 1.64. The summed E-state index contributed by atoms with van der Waals surface area (Å²) in [5.74, 6) is 1.95. The molecule has 1 unspecified atom stereocenters. The zero-order chi connectivity index (χ0) is 20.1. The number of amides is 1. The molecule has 2 aliphatic rings. The molecule has 2 N–H and O–H groups in total. The number of aryl methyl sites for hydroxylation is 1. The van der Waals surface area contributed by atoms with E-state index in [4.69, 9.17) is 5.73 Å². The fourth-order valence-corrected chi connectivity index (χ4v) is 4.93. The molecular formula is C25H40N2O. The van der Waals surface area contributed by atoms with Gasteiger partial charge in [0.1, 0.15) is 0 Å². The Kier molecular flexibility index (Phi) is 7.56. The Labute approximate surface area is 172 Å². The average molecular weight is 385 g/mol. The molecule has 1 aliphatic heterocycles. The molecule has 1 heterocycles. The van der Waals surface area contributed by atoms with Crippen molar-refractivity contribution >= 4 is 11.6 Å². The molecule has 0 radical (unpaired) electrons. The van der Waals surface area contributed by atoms with Crippen LogP contribution in [0.1, 0.15) is 83.3 Å². The minimum absolute atomic E-state index is 0.197. The van der Waals surface area contributed by atoms with Gasteiger partial charge in [-0.25, -0.2) is 0 Å². The Hall–Kier alpha value is -1.35. The van der Waals surface area contributed by atoms with Gasteiger partial charge in [0.25, 0.3) is 0 Å². The first-order valence-electron chi connectivity index (χ1n) is 11.7. The first kappa shape index (κ1) is 21.4. The van der Waals surface area contributed by atoms with E-state index >= 15 is 0 Å². The summed E-state index contributed by atoms with van der Waals surface area (Å²) in [5.41, 5.74) is 10.1. The van der Waals surface area contributed by atoms with Crippen LogP contribution in [-0.4, -0.2) is 18.5 Å². The van der Waals surface area contributed by atoms with E-state index in [1.54, 1.807) is 0 Å². The van der Waals surface area contributed by atoms with E-state index in [0.29, 0.717) is 11.8 Å². The van der Waals surface area contributed by atoms with Gasteiger partial charge in [0, 0.05) is 24.2 Å². The number of nitrogens with two attached hydrogens (primary N) is 1. The summed E-state index contributed by atoms with van der Waals surface area (Å²) in [6.07, 6.45) is 11.7. The highest BCUT2D eigenvalue weighted by atomic mass is 16.2. The standard InChI is InChI=1S/C25H40N2O/c1-4-5-7-19-9-12-21(13-10-19)25(28)27-15-6-8-22-16-20(11-14-24(22)27)17-23(26)18(2)3/h11,14,16,18-19,21,23H,4-10,12-13,15,17,26H2,1-3H3. The second-order valence-corrected chi connectivity index (χ2v) is 9.53. The van der Waals surface area contributed by atoms with Crippen LogP contribution < -0.4 is 10.6 Å². The molecule has 1 aromatic carbocycles. The van der Waals surface area contributed by atoms with Crippen LogP contribution in [0, 0.1) is 17.8 Å². The summed E-state index contributed by atoms with van der Waals surface area (Å²) >= 11 is 0. The van der Waals surface area contributed by atoms with Crippen molar-refractivity contribution in [3.63, 3.8) is 0 Å². The summed E-state index contributed by atoms with van der Waals surface area (Å²) in [7, 11) is 0. The Bertz CT molecular complexity index is 646. The zero-order valence-electron chi connectivity index (χ0n) is 18.3. The van der Waals surface area contributed by atoms with Crippen LogP contribution in [-0.2, 0) is 17.6 Å². The number of hydrogen-bond acceptors (Lipinski definition) is 2. The molecule has 28 heavy (non-hydrogen) atoms. The zero-order valence-corrected chi connectivity index (χ0v) is 18.3. The summed E-state index contributed by atoms with van der Waals surface area (Å²) in [5, 5.41) is 0. The van der Waals surface area contributed by atoms with Crippen LogP contribution >= 0.6 is 0 Å². The minimum atomic E-state index is 0.197. The largest absolute Gasteiger partial charge is 0.327 e. The lowest BCUT2D eigenvalue weighted by molar-refractivity contribution is -0.123. The Morgan fingerprint density at radius 3 is 2.64 bits per heavy atom. The number of fused-ring (bicyclic) bond motifs is 1. The number of hydrogen-bond donors (Lipinski definition) is 1. The summed E-state index contributed by atoms with van der Waals surface area (Å²) in [4.78, 5) is 15.4. The molecule has 3 heteroatoms. The van der Waals surface area contributed by atoms with E-state index in [1.165, 1.54) is 43.2 Å². The summed E-state index contributed by atoms with van der Waals surface area (Å²) in [6.45, 7) is 7.51. The van der Waals surface area contributed by atoms with Gasteiger partial charge in [0.2, 0.25) is 5.91 Å². The number of nitrogens with zero attached hydrogens (tertiary/aromatic N) is 1. The van der Waals surface area contributed by atoms with E-state index in [9.17, 15) is 4.79 Å². The monoisotopic (exact) mass is 384 g/mol. The van der Waals surface area contributed by atoms with Gasteiger partial charge in [-0.2, -0.15) is 0 Å². The fraction of sp³-hybridized carbons (Fsp3) is 0.720. The second kappa shape index (κ2) is 9.91. The van der Waals surface area contributed by atoms with Crippen LogP contribution in [0.25, 0.3) is 0 Å². The highest BCUT2D eigenvalue weighted by molar-refractivity contribution is 5.96. The Morgan fingerprint density at radius 1 is 1.21 bits per heavy atom. The van der Waals surface area contributed by atoms with Crippen molar-refractivity contribution in [1.29, 1.82) is 0 Å². The van der Waals surface area contributed by atoms with Gasteiger partial charge in [-0.05, 0) is 74.0 Å². The summed E-state index contributed by atoms with van der Waals surface area (Å²) < 4.78 is 0. The molecule has 1 atom stereocenters. The lowest BCUT2D eigenvalue weighted by Gasteiger charge is -2.35. The first-order valence-corrected chi connectivity index (χ1v) is 11.7. The quantitative estimate of drug-likeness (QED) is 0.676. The Morgan fingerprint density at radius 2 is 1.96 bits per heavy atom. The van der Waals surface area contributed by atoms with Crippen LogP contribution in [0.3, 0.4) is 0 Å². The smallest absolute Gasteiger partial charge is 0.230 e. The number of anilines is 1. The third-order valence-electron chi connectivity index (χ3n) is 7.02. The van der Waals surface area contributed by atoms with Gasteiger partial charge < -0.3 is 10.6 Å². The van der Waals surface area contributed by atoms with Gasteiger partial charge >= 0.3 is 0 Å². The number of benzene rings is 1. The molecule has 1 fully saturated rings. The molecule has 0 spiro atoms. The van der Waals surface area contributed by atoms with Gasteiger partial charge in [-0.15, -0.1) is 0 Å². The predicted octanol–water partition coefficient (Wildman–Crippen LogP) is 5.49. The third-order valence-corrected chi connectivity index (χ3v) is 7.02. The fourth-order valence-electron chi connectivity index (χ4n) is 4.93. The van der Waals surface area contributed by atoms with E-state index in [0.717, 1.165) is 50.3 Å². The van der Waals surface area contributed by atoms with Crippen molar-refractivity contribution < 1.29 is 4.79 Å². The highest BCUT2D eigenvalue weighted by Gasteiger charge is 2.32. The van der Waals surface area contributed by atoms with Gasteiger partial charge in [-0.3, -0.25) is 4.79 Å². The van der Waals surface area contributed by atoms with Crippen molar-refractivity contribution in [2.75, 3.05) is 11.4 Å². The van der Waals surface area contributed by atoms with E-state index in [-0.39, 0.29) is 12.0 Å². The van der Waals surface area contributed by atoms with Gasteiger partial charge in [0.05, 0.1) is 0 Å². The van der Waals surface area contributed by atoms with E-state index in [1.807, 2.05) is 0 Å². The predicted molar refractivity (Wildman–Crippen MR) is 119 cm³/mol. The van der Waals surface area contributed by atoms with Crippen molar-refractivity contribution in [3.8, 4) is 0 Å². The molecule has 1 amide bonds. The number of unbranched alkanes of at least 4 members (excludes halogenated alkanes) is 1. The van der Waals surface area contributed by atoms with Crippen molar-refractivity contribution in [3.05, 3.63) is 29.3 Å². The molecular weight excluding hydrogens is 344 g/mol. The van der Waals surface area contributed by atoms with Crippen LogP contribution in [0.15, 0.2) is 18.2 Å². The average Bonchev–Trinajstić information content (AvgIpc) is 2.71. The molecule has 0 bridgehead atoms. The normalized spacial score (nSPS) is 23.5. The maximum atomic E-state index is 13.3. The van der Waals surface area contributed by atoms with Crippen molar-refractivity contribution in [1.82, 2.24) is 0 Å². The maximum absolute atomic E-state index is 13.3. The third kappa shape index (κ3) is 5.17. The lowest BCUT2D eigenvalue weighted by atomic mass is 9.79. The molecule has 0 aromatic heterocycles. The van der Waals surface area contributed by atoms with Gasteiger partial charge in [0.15, 0.2) is 0 Å². The molecule has 3 nitrogen and oxygen atoms in total. The molecule has 1 aliphatic carbocycles. The van der Waals surface area contributed by atoms with Gasteiger partial charge in [-0.1, -0.05) is 52.2 Å². The number of rotatable bonds is 7. The van der Waals surface area contributed by atoms with Crippen LogP contribution in [0.5, 0.6) is 0 Å². The minimum Gasteiger partial charge on any atom is -0.327 e. The molecule has 1 aromatic rings. The van der Waals surface area contributed by atoms with E-state index < -0.39 is 0 Å². The van der Waals surface area contributed by atoms with Crippen molar-refractivity contribution in [2.45, 2.75) is 91.0 Å². The second-order valence-electron chi connectivity index (χ2n) is 9.53. The highest BCUT2D eigenvalue weighted by Crippen LogP contribution is 2.36. The SMILES string of the molecule is CCCCC1CCC(C(=O)N2CCCc3cc(CC(N)C(C)C)ccc32)CC1. The van der Waals surface area contributed by atoms with Crippen molar-refractivity contribution in [2.24, 2.45) is 23.5 Å². The molecule has 0 saturated heterocycles. The summed E-state index contributed by atoms with van der Waals surface area (Å²) in [6, 6.07) is 6.87. The van der Waals surface area contributed by atoms with Crippen LogP contribution in [0.2, 0.25) is 0 Å². The van der Waals surface area contributed by atoms with Crippen LogP contribution in [0.4, 0.5) is 5.69 Å². The topological polar surface area (TPSA) is 46.3 Å². The molecule has 3 rings (SSSR count). The molecule has 156 valence electrons. The number of carbonyl (C=O) groups excluding carboxylic acids is 1. The first-order chi connectivity index (χ1) is 13.5. The lowest BCUT2D eigenvalue weighted by Crippen LogP contribution is -2.41.